The second-order valence-electron chi connectivity index (χ2n) is 4.53. The van der Waals surface area contributed by atoms with Crippen molar-refractivity contribution < 1.29 is 9.53 Å². The highest BCUT2D eigenvalue weighted by Gasteiger charge is 2.10. The Morgan fingerprint density at radius 2 is 2.27 bits per heavy atom. The number of carbonyl (C=O) groups is 1. The van der Waals surface area contributed by atoms with E-state index in [0.29, 0.717) is 30.9 Å². The third kappa shape index (κ3) is 3.22. The minimum absolute atomic E-state index is 0.0712. The van der Waals surface area contributed by atoms with Crippen LogP contribution in [0.15, 0.2) is 30.6 Å². The summed E-state index contributed by atoms with van der Waals surface area (Å²) >= 11 is 1.44. The monoisotopic (exact) mass is 317 g/mol. The van der Waals surface area contributed by atoms with Crippen LogP contribution in [-0.4, -0.2) is 32.3 Å². The number of fused-ring (bicyclic) bond motifs is 1. The highest BCUT2D eigenvalue weighted by molar-refractivity contribution is 7.16. The molecule has 3 aromatic rings. The van der Waals surface area contributed by atoms with Crippen LogP contribution in [0.2, 0.25) is 0 Å². The maximum Gasteiger partial charge on any atom is 0.234 e. The summed E-state index contributed by atoms with van der Waals surface area (Å²) in [5.74, 6) is 0.607. The lowest BCUT2D eigenvalue weighted by molar-refractivity contribution is -0.116. The van der Waals surface area contributed by atoms with Crippen LogP contribution in [0.5, 0.6) is 5.75 Å². The fourth-order valence-corrected chi connectivity index (χ4v) is 2.80. The molecule has 114 valence electrons. The fourth-order valence-electron chi connectivity index (χ4n) is 1.99. The zero-order chi connectivity index (χ0) is 15.4. The average molecular weight is 317 g/mol. The van der Waals surface area contributed by atoms with Gasteiger partial charge in [0.15, 0.2) is 0 Å². The topological polar surface area (TPSA) is 81.4 Å². The minimum atomic E-state index is -0.0712. The smallest absolute Gasteiger partial charge is 0.234 e. The summed E-state index contributed by atoms with van der Waals surface area (Å²) in [7, 11) is 0. The Bertz CT molecular complexity index is 754. The summed E-state index contributed by atoms with van der Waals surface area (Å²) in [5.41, 5.74) is 0.687. The molecule has 1 aromatic carbocycles. The fraction of sp³-hybridized carbons (Fsp3) is 0.286. The number of benzene rings is 1. The molecule has 0 saturated carbocycles. The van der Waals surface area contributed by atoms with Crippen molar-refractivity contribution in [2.45, 2.75) is 19.8 Å². The predicted molar refractivity (Wildman–Crippen MR) is 83.2 cm³/mol. The average Bonchev–Trinajstić information content (AvgIpc) is 3.08. The van der Waals surface area contributed by atoms with Gasteiger partial charge in [0.2, 0.25) is 10.9 Å². The van der Waals surface area contributed by atoms with E-state index in [1.165, 1.54) is 11.3 Å². The third-order valence-electron chi connectivity index (χ3n) is 2.96. The largest absolute Gasteiger partial charge is 0.492 e. The molecule has 0 atom stereocenters. The Hall–Kier alpha value is -2.48. The molecule has 0 aliphatic heterocycles. The normalized spacial score (nSPS) is 10.8. The SMILES string of the molecule is CCOc1ccccc1NC(=O)CCc1nn2cnnc2s1. The molecular formula is C14H15N5O2S. The van der Waals surface area contributed by atoms with Gasteiger partial charge in [-0.25, -0.2) is 0 Å². The predicted octanol–water partition coefficient (Wildman–Crippen LogP) is 2.16. The number of aromatic nitrogens is 4. The van der Waals surface area contributed by atoms with Crippen molar-refractivity contribution in [1.29, 1.82) is 0 Å². The summed E-state index contributed by atoms with van der Waals surface area (Å²) in [6.07, 6.45) is 2.47. The van der Waals surface area contributed by atoms with Crippen LogP contribution in [-0.2, 0) is 11.2 Å². The van der Waals surface area contributed by atoms with Crippen LogP contribution >= 0.6 is 11.3 Å². The molecule has 0 bridgehead atoms. The molecular weight excluding hydrogens is 302 g/mol. The molecule has 22 heavy (non-hydrogen) atoms. The van der Waals surface area contributed by atoms with Crippen LogP contribution in [0, 0.1) is 0 Å². The summed E-state index contributed by atoms with van der Waals surface area (Å²) in [6, 6.07) is 7.40. The van der Waals surface area contributed by atoms with Gasteiger partial charge in [-0.3, -0.25) is 4.79 Å². The Morgan fingerprint density at radius 1 is 1.41 bits per heavy atom. The lowest BCUT2D eigenvalue weighted by atomic mass is 10.2. The van der Waals surface area contributed by atoms with Gasteiger partial charge in [-0.1, -0.05) is 23.5 Å². The molecule has 0 spiro atoms. The zero-order valence-corrected chi connectivity index (χ0v) is 12.8. The van der Waals surface area contributed by atoms with Crippen molar-refractivity contribution in [1.82, 2.24) is 19.8 Å². The van der Waals surface area contributed by atoms with Gasteiger partial charge in [0.1, 0.15) is 17.1 Å². The lowest BCUT2D eigenvalue weighted by Gasteiger charge is -2.10. The third-order valence-corrected chi connectivity index (χ3v) is 3.93. The Kier molecular flexibility index (Phi) is 4.29. The Morgan fingerprint density at radius 3 is 3.09 bits per heavy atom. The van der Waals surface area contributed by atoms with Gasteiger partial charge in [-0.05, 0) is 19.1 Å². The first kappa shape index (κ1) is 14.5. The Balaban J connectivity index is 1.59. The number of nitrogens with one attached hydrogen (secondary N) is 1. The first-order valence-corrected chi connectivity index (χ1v) is 7.75. The maximum atomic E-state index is 12.1. The van der Waals surface area contributed by atoms with E-state index >= 15 is 0 Å². The number of ether oxygens (including phenoxy) is 1. The zero-order valence-electron chi connectivity index (χ0n) is 12.0. The van der Waals surface area contributed by atoms with Crippen LogP contribution in [0.4, 0.5) is 5.69 Å². The van der Waals surface area contributed by atoms with E-state index in [0.717, 1.165) is 9.97 Å². The van der Waals surface area contributed by atoms with E-state index in [9.17, 15) is 4.79 Å². The number of aryl methyl sites for hydroxylation is 1. The van der Waals surface area contributed by atoms with Crippen molar-refractivity contribution in [3.8, 4) is 5.75 Å². The quantitative estimate of drug-likeness (QED) is 0.753. The number of nitrogens with zero attached hydrogens (tertiary/aromatic N) is 4. The number of hydrogen-bond donors (Lipinski definition) is 1. The van der Waals surface area contributed by atoms with Gasteiger partial charge in [0.25, 0.3) is 0 Å². The highest BCUT2D eigenvalue weighted by Crippen LogP contribution is 2.24. The second-order valence-corrected chi connectivity index (χ2v) is 5.57. The molecule has 1 amide bonds. The van der Waals surface area contributed by atoms with E-state index in [4.69, 9.17) is 4.74 Å². The maximum absolute atomic E-state index is 12.1. The molecule has 7 nitrogen and oxygen atoms in total. The first-order valence-electron chi connectivity index (χ1n) is 6.93. The standard InChI is InChI=1S/C14H15N5O2S/c1-2-21-11-6-4-3-5-10(11)16-12(20)7-8-13-18-19-9-15-17-14(19)22-13/h3-6,9H,2,7-8H2,1H3,(H,16,20). The van der Waals surface area contributed by atoms with Gasteiger partial charge < -0.3 is 10.1 Å². The summed E-state index contributed by atoms with van der Waals surface area (Å²) in [6.45, 7) is 2.46. The summed E-state index contributed by atoms with van der Waals surface area (Å²) < 4.78 is 7.10. The van der Waals surface area contributed by atoms with Crippen LogP contribution in [0.1, 0.15) is 18.4 Å². The first-order chi connectivity index (χ1) is 10.8. The highest BCUT2D eigenvalue weighted by atomic mass is 32.1. The number of carbonyl (C=O) groups excluding carboxylic acids is 1. The van der Waals surface area contributed by atoms with Gasteiger partial charge in [-0.2, -0.15) is 9.61 Å². The van der Waals surface area contributed by atoms with Crippen LogP contribution in [0.25, 0.3) is 4.96 Å². The van der Waals surface area contributed by atoms with Crippen LogP contribution < -0.4 is 10.1 Å². The number of anilines is 1. The molecule has 0 fully saturated rings. The molecule has 0 saturated heterocycles. The van der Waals surface area contributed by atoms with Gasteiger partial charge in [0.05, 0.1) is 12.3 Å². The van der Waals surface area contributed by atoms with Crippen molar-refractivity contribution in [2.24, 2.45) is 0 Å². The van der Waals surface area contributed by atoms with Crippen LogP contribution in [0.3, 0.4) is 0 Å². The number of rotatable bonds is 6. The van der Waals surface area contributed by atoms with Gasteiger partial charge in [0, 0.05) is 12.8 Å². The number of hydrogen-bond acceptors (Lipinski definition) is 6. The molecule has 0 aliphatic carbocycles. The molecule has 0 aliphatic rings. The molecule has 2 aromatic heterocycles. The second kappa shape index (κ2) is 6.52. The van der Waals surface area contributed by atoms with E-state index in [1.807, 2.05) is 31.2 Å². The van der Waals surface area contributed by atoms with Crippen molar-refractivity contribution in [3.05, 3.63) is 35.6 Å². The summed E-state index contributed by atoms with van der Waals surface area (Å²) in [4.78, 5) is 12.8. The molecule has 0 unspecified atom stereocenters. The number of para-hydroxylation sites is 2. The van der Waals surface area contributed by atoms with Gasteiger partial charge >= 0.3 is 0 Å². The molecule has 0 radical (unpaired) electrons. The molecule has 8 heteroatoms. The lowest BCUT2D eigenvalue weighted by Crippen LogP contribution is -2.13. The molecule has 3 rings (SSSR count). The summed E-state index contributed by atoms with van der Waals surface area (Å²) in [5, 5.41) is 15.7. The van der Waals surface area contributed by atoms with Gasteiger partial charge in [-0.15, -0.1) is 10.2 Å². The number of amides is 1. The molecule has 2 heterocycles. The van der Waals surface area contributed by atoms with E-state index in [2.05, 4.69) is 20.6 Å². The van der Waals surface area contributed by atoms with Crippen molar-refractivity contribution in [3.63, 3.8) is 0 Å². The van der Waals surface area contributed by atoms with Crippen molar-refractivity contribution >= 4 is 27.9 Å². The van der Waals surface area contributed by atoms with E-state index in [-0.39, 0.29) is 5.91 Å². The Labute approximate surface area is 130 Å². The van der Waals surface area contributed by atoms with E-state index < -0.39 is 0 Å². The minimum Gasteiger partial charge on any atom is -0.492 e. The molecule has 1 N–H and O–H groups in total. The van der Waals surface area contributed by atoms with E-state index in [1.54, 1.807) is 10.8 Å². The van der Waals surface area contributed by atoms with Crippen molar-refractivity contribution in [2.75, 3.05) is 11.9 Å².